The number of terminal acetylenes is 1. The summed E-state index contributed by atoms with van der Waals surface area (Å²) >= 11 is 0. The van der Waals surface area contributed by atoms with Gasteiger partial charge >= 0.3 is 0 Å². The van der Waals surface area contributed by atoms with Gasteiger partial charge in [0.2, 0.25) is 0 Å². The van der Waals surface area contributed by atoms with Gasteiger partial charge in [-0.1, -0.05) is 13.8 Å². The fraction of sp³-hybridized carbons (Fsp3) is 0.500. The van der Waals surface area contributed by atoms with Gasteiger partial charge in [0.05, 0.1) is 0 Å². The maximum Gasteiger partial charge on any atom is 0.0363 e. The fourth-order valence-corrected chi connectivity index (χ4v) is 0.192. The van der Waals surface area contributed by atoms with Crippen molar-refractivity contribution in [2.24, 2.45) is 5.92 Å². The summed E-state index contributed by atoms with van der Waals surface area (Å²) in [6.07, 6.45) is 6.74. The lowest BCUT2D eigenvalue weighted by atomic mass is 10.1. The van der Waals surface area contributed by atoms with Crippen LogP contribution in [-0.4, -0.2) is 0 Å². The lowest BCUT2D eigenvalue weighted by Gasteiger charge is -1.89. The Balaban J connectivity index is 2.88. The summed E-state index contributed by atoms with van der Waals surface area (Å²) in [5, 5.41) is 0. The van der Waals surface area contributed by atoms with Gasteiger partial charge in [-0.25, -0.2) is 0 Å². The molecule has 0 rings (SSSR count). The molecule has 0 saturated heterocycles. The predicted molar refractivity (Wildman–Crippen MR) is 28.0 cm³/mol. The van der Waals surface area contributed by atoms with Crippen molar-refractivity contribution in [1.29, 1.82) is 0 Å². The van der Waals surface area contributed by atoms with Crippen LogP contribution in [0.25, 0.3) is 0 Å². The first-order valence-corrected chi connectivity index (χ1v) is 2.07. The molecular formula is C6H9. The summed E-state index contributed by atoms with van der Waals surface area (Å²) in [5.74, 6) is 2.98. The zero-order valence-corrected chi connectivity index (χ0v) is 4.23. The lowest BCUT2D eigenvalue weighted by molar-refractivity contribution is 0.793. The van der Waals surface area contributed by atoms with E-state index in [1.807, 2.05) is 6.42 Å². The monoisotopic (exact) mass is 81.1 g/mol. The first kappa shape index (κ1) is 5.56. The van der Waals surface area contributed by atoms with Gasteiger partial charge in [0, 0.05) is 6.42 Å². The smallest absolute Gasteiger partial charge is 0.0363 e. The van der Waals surface area contributed by atoms with Crippen molar-refractivity contribution in [2.45, 2.75) is 13.8 Å². The number of hydrogen-bond donors (Lipinski definition) is 0. The van der Waals surface area contributed by atoms with Crippen molar-refractivity contribution in [2.75, 3.05) is 0 Å². The summed E-state index contributed by atoms with van der Waals surface area (Å²) in [7, 11) is 0. The molecule has 0 aliphatic rings. The molecule has 0 aliphatic carbocycles. The summed E-state index contributed by atoms with van der Waals surface area (Å²) < 4.78 is 0. The topological polar surface area (TPSA) is 0 Å². The molecule has 6 heavy (non-hydrogen) atoms. The van der Waals surface area contributed by atoms with Crippen LogP contribution in [0.3, 0.4) is 0 Å². The van der Waals surface area contributed by atoms with Gasteiger partial charge in [-0.2, -0.15) is 0 Å². The molecule has 0 unspecified atom stereocenters. The van der Waals surface area contributed by atoms with Crippen LogP contribution in [0.2, 0.25) is 0 Å². The Labute approximate surface area is 39.6 Å². The fourth-order valence-electron chi connectivity index (χ4n) is 0.192. The van der Waals surface area contributed by atoms with Gasteiger partial charge in [0.1, 0.15) is 0 Å². The maximum atomic E-state index is 4.92. The van der Waals surface area contributed by atoms with Crippen molar-refractivity contribution in [3.63, 3.8) is 0 Å². The van der Waals surface area contributed by atoms with Gasteiger partial charge in [-0.15, -0.1) is 12.3 Å². The molecule has 0 aromatic carbocycles. The van der Waals surface area contributed by atoms with E-state index in [0.29, 0.717) is 5.92 Å². The van der Waals surface area contributed by atoms with Gasteiger partial charge in [-0.05, 0) is 5.92 Å². The van der Waals surface area contributed by atoms with Gasteiger partial charge in [0.25, 0.3) is 0 Å². The third-order valence-electron chi connectivity index (χ3n) is 0.430. The largest absolute Gasteiger partial charge is 0.120 e. The second-order valence-electron chi connectivity index (χ2n) is 1.58. The van der Waals surface area contributed by atoms with Crippen LogP contribution in [0.5, 0.6) is 0 Å². The minimum atomic E-state index is 0.537. The third kappa shape index (κ3) is 3.56. The second kappa shape index (κ2) is 2.78. The molecule has 0 fully saturated rings. The Morgan fingerprint density at radius 1 is 1.67 bits per heavy atom. The predicted octanol–water partition coefficient (Wildman–Crippen LogP) is 1.48. The van der Waals surface area contributed by atoms with Crippen LogP contribution in [0.15, 0.2) is 0 Å². The van der Waals surface area contributed by atoms with Crippen molar-refractivity contribution in [3.05, 3.63) is 6.42 Å². The van der Waals surface area contributed by atoms with Gasteiger partial charge in [-0.3, -0.25) is 0 Å². The van der Waals surface area contributed by atoms with Crippen molar-refractivity contribution in [3.8, 4) is 12.3 Å². The zero-order valence-electron chi connectivity index (χ0n) is 4.23. The molecular weight excluding hydrogens is 72.1 g/mol. The SMILES string of the molecule is C#C[CH]C(C)C. The highest BCUT2D eigenvalue weighted by Gasteiger charge is 1.84. The standard InChI is InChI=1S/C6H9/c1-4-5-6(2)3/h1,5-6H,2-3H3. The van der Waals surface area contributed by atoms with Crippen molar-refractivity contribution >= 4 is 0 Å². The lowest BCUT2D eigenvalue weighted by Crippen LogP contribution is -1.81. The molecule has 0 spiro atoms. The Morgan fingerprint density at radius 2 is 2.17 bits per heavy atom. The van der Waals surface area contributed by atoms with Gasteiger partial charge < -0.3 is 0 Å². The summed E-state index contributed by atoms with van der Waals surface area (Å²) in [6.45, 7) is 4.11. The maximum absolute atomic E-state index is 4.92. The Morgan fingerprint density at radius 3 is 2.17 bits per heavy atom. The normalized spacial score (nSPS) is 8.33. The second-order valence-corrected chi connectivity index (χ2v) is 1.58. The molecule has 0 aromatic heterocycles. The average Bonchev–Trinajstić information content (AvgIpc) is 1.35. The van der Waals surface area contributed by atoms with Crippen molar-refractivity contribution in [1.82, 2.24) is 0 Å². The Hall–Kier alpha value is -0.440. The van der Waals surface area contributed by atoms with Crippen LogP contribution in [0.4, 0.5) is 0 Å². The highest BCUT2D eigenvalue weighted by atomic mass is 13.9. The van der Waals surface area contributed by atoms with E-state index in [-0.39, 0.29) is 0 Å². The molecule has 0 aromatic rings. The van der Waals surface area contributed by atoms with Crippen LogP contribution in [0, 0.1) is 24.7 Å². The molecule has 0 bridgehead atoms. The third-order valence-corrected chi connectivity index (χ3v) is 0.430. The van der Waals surface area contributed by atoms with Gasteiger partial charge in [0.15, 0.2) is 0 Å². The van der Waals surface area contributed by atoms with E-state index < -0.39 is 0 Å². The van der Waals surface area contributed by atoms with Crippen LogP contribution in [-0.2, 0) is 0 Å². The first-order chi connectivity index (χ1) is 2.77. The van der Waals surface area contributed by atoms with E-state index in [9.17, 15) is 0 Å². The molecule has 33 valence electrons. The molecule has 0 aliphatic heterocycles. The molecule has 0 N–H and O–H groups in total. The highest BCUT2D eigenvalue weighted by Crippen LogP contribution is 1.92. The molecule has 0 atom stereocenters. The quantitative estimate of drug-likeness (QED) is 0.419. The minimum Gasteiger partial charge on any atom is -0.120 e. The first-order valence-electron chi connectivity index (χ1n) is 2.07. The number of hydrogen-bond acceptors (Lipinski definition) is 0. The molecule has 0 nitrogen and oxygen atoms in total. The summed E-state index contributed by atoms with van der Waals surface area (Å²) in [6, 6.07) is 0. The molecule has 0 amide bonds. The Kier molecular flexibility index (Phi) is 2.58. The molecule has 0 saturated carbocycles. The summed E-state index contributed by atoms with van der Waals surface area (Å²) in [4.78, 5) is 0. The van der Waals surface area contributed by atoms with E-state index in [1.165, 1.54) is 0 Å². The van der Waals surface area contributed by atoms with E-state index in [0.717, 1.165) is 0 Å². The van der Waals surface area contributed by atoms with E-state index in [4.69, 9.17) is 6.42 Å². The molecule has 0 heteroatoms. The summed E-state index contributed by atoms with van der Waals surface area (Å²) in [5.41, 5.74) is 0. The number of rotatable bonds is 1. The Bertz CT molecular complexity index is 54.9. The highest BCUT2D eigenvalue weighted by molar-refractivity contribution is 5.01. The molecule has 1 radical (unpaired) electrons. The van der Waals surface area contributed by atoms with Crippen molar-refractivity contribution < 1.29 is 0 Å². The van der Waals surface area contributed by atoms with E-state index in [1.54, 1.807) is 0 Å². The van der Waals surface area contributed by atoms with Crippen LogP contribution < -0.4 is 0 Å². The zero-order chi connectivity index (χ0) is 4.99. The van der Waals surface area contributed by atoms with Crippen LogP contribution >= 0.6 is 0 Å². The molecule has 0 heterocycles. The average molecular weight is 81.1 g/mol. The van der Waals surface area contributed by atoms with Crippen LogP contribution in [0.1, 0.15) is 13.8 Å². The van der Waals surface area contributed by atoms with E-state index >= 15 is 0 Å². The van der Waals surface area contributed by atoms with E-state index in [2.05, 4.69) is 19.8 Å². The minimum absolute atomic E-state index is 0.537.